The number of carbonyl (C=O) groups is 2. The quantitative estimate of drug-likeness (QED) is 0.856. The summed E-state index contributed by atoms with van der Waals surface area (Å²) >= 11 is 0. The highest BCUT2D eigenvalue weighted by Gasteiger charge is 2.33. The molecule has 23 heavy (non-hydrogen) atoms. The number of alkyl halides is 3. The van der Waals surface area contributed by atoms with Crippen LogP contribution < -0.4 is 15.4 Å². The average molecular weight is 331 g/mol. The maximum Gasteiger partial charge on any atom is 0.573 e. The van der Waals surface area contributed by atoms with Crippen LogP contribution in [0.3, 0.4) is 0 Å². The van der Waals surface area contributed by atoms with Crippen molar-refractivity contribution in [3.8, 4) is 5.75 Å². The topological polar surface area (TPSA) is 70.7 Å². The molecule has 1 aliphatic heterocycles. The summed E-state index contributed by atoms with van der Waals surface area (Å²) < 4.78 is 40.3. The molecule has 0 spiro atoms. The molecule has 0 aromatic heterocycles. The Morgan fingerprint density at radius 3 is 2.61 bits per heavy atom. The lowest BCUT2D eigenvalue weighted by Crippen LogP contribution is -2.52. The first-order valence-electron chi connectivity index (χ1n) is 6.88. The molecule has 1 atom stereocenters. The van der Waals surface area contributed by atoms with E-state index in [2.05, 4.69) is 15.4 Å². The largest absolute Gasteiger partial charge is 0.573 e. The number of ether oxygens (including phenoxy) is 1. The summed E-state index contributed by atoms with van der Waals surface area (Å²) in [5.41, 5.74) is 0.487. The molecule has 1 unspecified atom stereocenters. The van der Waals surface area contributed by atoms with Crippen LogP contribution in [0.1, 0.15) is 11.6 Å². The molecule has 0 saturated carbocycles. The minimum atomic E-state index is -4.77. The second-order valence-electron chi connectivity index (χ2n) is 4.95. The fourth-order valence-corrected chi connectivity index (χ4v) is 2.36. The Hall–Kier alpha value is -2.29. The van der Waals surface area contributed by atoms with Crippen LogP contribution in [0.25, 0.3) is 0 Å². The summed E-state index contributed by atoms with van der Waals surface area (Å²) in [5.74, 6) is -0.915. The van der Waals surface area contributed by atoms with E-state index < -0.39 is 12.4 Å². The van der Waals surface area contributed by atoms with Crippen LogP contribution in [0.5, 0.6) is 5.75 Å². The molecule has 1 aromatic rings. The molecule has 1 fully saturated rings. The van der Waals surface area contributed by atoms with Crippen molar-refractivity contribution in [2.24, 2.45) is 0 Å². The van der Waals surface area contributed by atoms with Crippen LogP contribution in [-0.2, 0) is 9.59 Å². The van der Waals surface area contributed by atoms with Gasteiger partial charge in [-0.05, 0) is 17.7 Å². The molecule has 1 saturated heterocycles. The molecule has 2 amide bonds. The van der Waals surface area contributed by atoms with E-state index in [9.17, 15) is 22.8 Å². The highest BCUT2D eigenvalue weighted by Crippen LogP contribution is 2.27. The summed E-state index contributed by atoms with van der Waals surface area (Å²) in [6.07, 6.45) is -4.77. The molecule has 0 radical (unpaired) electrons. The average Bonchev–Trinajstić information content (AvgIpc) is 2.47. The van der Waals surface area contributed by atoms with Gasteiger partial charge >= 0.3 is 6.36 Å². The Kier molecular flexibility index (Phi) is 5.09. The van der Waals surface area contributed by atoms with Crippen molar-refractivity contribution in [3.63, 3.8) is 0 Å². The monoisotopic (exact) mass is 331 g/mol. The highest BCUT2D eigenvalue weighted by atomic mass is 19.4. The van der Waals surface area contributed by atoms with E-state index in [1.807, 2.05) is 0 Å². The van der Waals surface area contributed by atoms with Crippen LogP contribution >= 0.6 is 0 Å². The van der Waals surface area contributed by atoms with Crippen molar-refractivity contribution in [2.75, 3.05) is 26.7 Å². The van der Waals surface area contributed by atoms with Gasteiger partial charge in [0.25, 0.3) is 0 Å². The third-order valence-corrected chi connectivity index (χ3v) is 3.37. The SMILES string of the molecule is CNC(=O)CN1CCNC(=O)C1c1ccc(OC(F)(F)F)cc1. The summed E-state index contributed by atoms with van der Waals surface area (Å²) in [6.45, 7) is 0.890. The molecule has 1 aliphatic rings. The molecular weight excluding hydrogens is 315 g/mol. The first kappa shape index (κ1) is 17.1. The number of rotatable bonds is 4. The van der Waals surface area contributed by atoms with Gasteiger partial charge in [-0.1, -0.05) is 12.1 Å². The molecular formula is C14H16F3N3O3. The molecule has 2 N–H and O–H groups in total. The molecule has 9 heteroatoms. The van der Waals surface area contributed by atoms with E-state index in [-0.39, 0.29) is 24.1 Å². The van der Waals surface area contributed by atoms with E-state index in [1.165, 1.54) is 19.2 Å². The number of hydrogen-bond acceptors (Lipinski definition) is 4. The van der Waals surface area contributed by atoms with Gasteiger partial charge in [0.05, 0.1) is 6.54 Å². The number of piperazine rings is 1. The molecule has 0 bridgehead atoms. The van der Waals surface area contributed by atoms with E-state index in [0.717, 1.165) is 12.1 Å². The predicted molar refractivity (Wildman–Crippen MR) is 74.5 cm³/mol. The lowest BCUT2D eigenvalue weighted by Gasteiger charge is -2.34. The summed E-state index contributed by atoms with van der Waals surface area (Å²) in [5, 5.41) is 5.16. The highest BCUT2D eigenvalue weighted by molar-refractivity contribution is 5.85. The third kappa shape index (κ3) is 4.59. The maximum atomic E-state index is 12.2. The molecule has 1 heterocycles. The Morgan fingerprint density at radius 2 is 2.04 bits per heavy atom. The number of amides is 2. The smallest absolute Gasteiger partial charge is 0.406 e. The van der Waals surface area contributed by atoms with Crippen molar-refractivity contribution < 1.29 is 27.5 Å². The van der Waals surface area contributed by atoms with Gasteiger partial charge in [0, 0.05) is 20.1 Å². The molecule has 6 nitrogen and oxygen atoms in total. The first-order valence-corrected chi connectivity index (χ1v) is 6.88. The van der Waals surface area contributed by atoms with E-state index in [4.69, 9.17) is 0 Å². The second kappa shape index (κ2) is 6.86. The standard InChI is InChI=1S/C14H16F3N3O3/c1-18-11(21)8-20-7-6-19-13(22)12(20)9-2-4-10(5-3-9)23-14(15,16)17/h2-5,12H,6-8H2,1H3,(H,18,21)(H,19,22). The lowest BCUT2D eigenvalue weighted by atomic mass is 10.0. The number of likely N-dealkylation sites (N-methyl/N-ethyl adjacent to an activating group) is 1. The maximum absolute atomic E-state index is 12.2. The zero-order chi connectivity index (χ0) is 17.0. The lowest BCUT2D eigenvalue weighted by molar-refractivity contribution is -0.274. The minimum absolute atomic E-state index is 0.0232. The number of nitrogens with zero attached hydrogens (tertiary/aromatic N) is 1. The summed E-state index contributed by atoms with van der Waals surface area (Å²) in [4.78, 5) is 25.3. The van der Waals surface area contributed by atoms with Crippen LogP contribution in [0.4, 0.5) is 13.2 Å². The van der Waals surface area contributed by atoms with Crippen molar-refractivity contribution in [1.29, 1.82) is 0 Å². The van der Waals surface area contributed by atoms with Crippen molar-refractivity contribution in [1.82, 2.24) is 15.5 Å². The van der Waals surface area contributed by atoms with E-state index in [1.54, 1.807) is 4.90 Å². The molecule has 0 aliphatic carbocycles. The summed E-state index contributed by atoms with van der Waals surface area (Å²) in [6, 6.07) is 4.31. The normalized spacial score (nSPS) is 19.1. The zero-order valence-corrected chi connectivity index (χ0v) is 12.3. The summed E-state index contributed by atoms with van der Waals surface area (Å²) in [7, 11) is 1.49. The van der Waals surface area contributed by atoms with Crippen molar-refractivity contribution in [2.45, 2.75) is 12.4 Å². The van der Waals surface area contributed by atoms with Crippen molar-refractivity contribution in [3.05, 3.63) is 29.8 Å². The van der Waals surface area contributed by atoms with Gasteiger partial charge in [-0.3, -0.25) is 14.5 Å². The molecule has 1 aromatic carbocycles. The Morgan fingerprint density at radius 1 is 1.39 bits per heavy atom. The number of nitrogens with one attached hydrogen (secondary N) is 2. The van der Waals surface area contributed by atoms with Crippen LogP contribution in [0, 0.1) is 0 Å². The van der Waals surface area contributed by atoms with Crippen LogP contribution in [-0.4, -0.2) is 49.8 Å². The minimum Gasteiger partial charge on any atom is -0.406 e. The van der Waals surface area contributed by atoms with Crippen LogP contribution in [0.15, 0.2) is 24.3 Å². The molecule has 126 valence electrons. The zero-order valence-electron chi connectivity index (χ0n) is 12.3. The van der Waals surface area contributed by atoms with E-state index >= 15 is 0 Å². The first-order chi connectivity index (χ1) is 10.8. The predicted octanol–water partition coefficient (Wildman–Crippen LogP) is 0.804. The Balaban J connectivity index is 2.18. The third-order valence-electron chi connectivity index (χ3n) is 3.37. The number of benzene rings is 1. The molecule has 2 rings (SSSR count). The van der Waals surface area contributed by atoms with Gasteiger partial charge in [-0.25, -0.2) is 0 Å². The van der Waals surface area contributed by atoms with Crippen LogP contribution in [0.2, 0.25) is 0 Å². The van der Waals surface area contributed by atoms with Gasteiger partial charge in [-0.2, -0.15) is 0 Å². The number of carbonyl (C=O) groups excluding carboxylic acids is 2. The fourth-order valence-electron chi connectivity index (χ4n) is 2.36. The van der Waals surface area contributed by atoms with Gasteiger partial charge < -0.3 is 15.4 Å². The van der Waals surface area contributed by atoms with Crippen molar-refractivity contribution >= 4 is 11.8 Å². The van der Waals surface area contributed by atoms with Gasteiger partial charge in [-0.15, -0.1) is 13.2 Å². The van der Waals surface area contributed by atoms with Gasteiger partial charge in [0.2, 0.25) is 11.8 Å². The number of hydrogen-bond donors (Lipinski definition) is 2. The number of halogens is 3. The van der Waals surface area contributed by atoms with E-state index in [0.29, 0.717) is 18.7 Å². The Bertz CT molecular complexity index is 575. The Labute approximate surface area is 130 Å². The van der Waals surface area contributed by atoms with Gasteiger partial charge in [0.15, 0.2) is 0 Å². The van der Waals surface area contributed by atoms with Gasteiger partial charge in [0.1, 0.15) is 11.8 Å². The second-order valence-corrected chi connectivity index (χ2v) is 4.95. The fraction of sp³-hybridized carbons (Fsp3) is 0.429.